The van der Waals surface area contributed by atoms with Crippen molar-refractivity contribution in [2.45, 2.75) is 5.25 Å². The lowest BCUT2D eigenvalue weighted by Gasteiger charge is -2.23. The second-order valence-corrected chi connectivity index (χ2v) is 6.22. The summed E-state index contributed by atoms with van der Waals surface area (Å²) in [4.78, 5) is 13.3. The third-order valence-corrected chi connectivity index (χ3v) is 3.83. The van der Waals surface area contributed by atoms with E-state index < -0.39 is 27.9 Å². The van der Waals surface area contributed by atoms with Crippen molar-refractivity contribution < 1.29 is 41.5 Å². The molecule has 0 saturated heterocycles. The molecule has 3 N–H and O–H groups in total. The van der Waals surface area contributed by atoms with Gasteiger partial charge < -0.3 is 19.8 Å². The molecule has 0 atom stereocenters. The summed E-state index contributed by atoms with van der Waals surface area (Å²) >= 11 is 0. The lowest BCUT2D eigenvalue weighted by Crippen LogP contribution is -2.34. The number of carbonyl (C=O) groups is 1. The third kappa shape index (κ3) is 5.37. The first-order chi connectivity index (χ1) is 11.1. The van der Waals surface area contributed by atoms with Crippen LogP contribution in [0.15, 0.2) is 24.3 Å². The van der Waals surface area contributed by atoms with Gasteiger partial charge in [-0.15, -0.1) is 0 Å². The van der Waals surface area contributed by atoms with E-state index in [4.69, 9.17) is 14.8 Å². The Morgan fingerprint density at radius 2 is 1.62 bits per heavy atom. The van der Waals surface area contributed by atoms with Crippen LogP contribution in [0.5, 0.6) is 0 Å². The van der Waals surface area contributed by atoms with E-state index in [0.29, 0.717) is 5.69 Å². The SMILES string of the molecule is O=C(OCC(F)(F)S(=O)(=O)O)c1ccc(N(CCO)CCO)cc1. The molecule has 0 spiro atoms. The van der Waals surface area contributed by atoms with Crippen molar-refractivity contribution in [2.75, 3.05) is 37.8 Å². The van der Waals surface area contributed by atoms with Gasteiger partial charge in [-0.1, -0.05) is 0 Å². The van der Waals surface area contributed by atoms with Crippen molar-refractivity contribution in [3.05, 3.63) is 29.8 Å². The number of nitrogens with zero attached hydrogens (tertiary/aromatic N) is 1. The first kappa shape index (κ1) is 20.2. The smallest absolute Gasteiger partial charge is 0.402 e. The Hall–Kier alpha value is -1.82. The Labute approximate surface area is 137 Å². The molecule has 0 aliphatic rings. The van der Waals surface area contributed by atoms with Gasteiger partial charge in [-0.05, 0) is 24.3 Å². The summed E-state index contributed by atoms with van der Waals surface area (Å²) in [6, 6.07) is 5.40. The summed E-state index contributed by atoms with van der Waals surface area (Å²) in [5.74, 6) is -1.19. The highest BCUT2D eigenvalue weighted by atomic mass is 32.2. The highest BCUT2D eigenvalue weighted by Gasteiger charge is 2.45. The Morgan fingerprint density at radius 3 is 2.04 bits per heavy atom. The molecule has 1 aromatic rings. The minimum Gasteiger partial charge on any atom is -0.454 e. The molecule has 0 saturated carbocycles. The number of aliphatic hydroxyl groups excluding tert-OH is 2. The Bertz CT molecular complexity index is 643. The molecule has 0 fully saturated rings. The summed E-state index contributed by atoms with van der Waals surface area (Å²) < 4.78 is 59.3. The molecule has 1 rings (SSSR count). The minimum absolute atomic E-state index is 0.113. The van der Waals surface area contributed by atoms with Crippen molar-refractivity contribution in [1.29, 1.82) is 0 Å². The largest absolute Gasteiger partial charge is 0.454 e. The summed E-state index contributed by atoms with van der Waals surface area (Å²) in [5, 5.41) is 13.3. The van der Waals surface area contributed by atoms with E-state index in [0.717, 1.165) is 0 Å². The van der Waals surface area contributed by atoms with Gasteiger partial charge in [0.1, 0.15) is 0 Å². The van der Waals surface area contributed by atoms with E-state index in [2.05, 4.69) is 4.74 Å². The predicted molar refractivity (Wildman–Crippen MR) is 79.6 cm³/mol. The van der Waals surface area contributed by atoms with E-state index in [9.17, 15) is 22.0 Å². The number of carbonyl (C=O) groups excluding carboxylic acids is 1. The van der Waals surface area contributed by atoms with Gasteiger partial charge in [0.25, 0.3) is 0 Å². The molecular formula is C13H17F2NO7S. The van der Waals surface area contributed by atoms with E-state index in [1.54, 1.807) is 4.90 Å². The number of esters is 1. The van der Waals surface area contributed by atoms with Crippen LogP contribution in [0, 0.1) is 0 Å². The van der Waals surface area contributed by atoms with E-state index >= 15 is 0 Å². The van der Waals surface area contributed by atoms with Crippen molar-refractivity contribution in [1.82, 2.24) is 0 Å². The minimum atomic E-state index is -5.68. The standard InChI is InChI=1S/C13H17F2NO7S/c14-13(15,24(20,21)22)9-23-12(19)10-1-3-11(4-2-10)16(5-7-17)6-8-18/h1-4,17-18H,5-9H2,(H,20,21,22). The van der Waals surface area contributed by atoms with Crippen LogP contribution in [0.3, 0.4) is 0 Å². The molecule has 136 valence electrons. The Morgan fingerprint density at radius 1 is 1.12 bits per heavy atom. The number of halogens is 2. The normalized spacial score (nSPS) is 12.0. The maximum Gasteiger partial charge on any atom is 0.402 e. The molecule has 0 unspecified atom stereocenters. The predicted octanol–water partition coefficient (Wildman–Crippen LogP) is 0.115. The zero-order valence-corrected chi connectivity index (χ0v) is 13.2. The van der Waals surface area contributed by atoms with Crippen LogP contribution in [0.25, 0.3) is 0 Å². The summed E-state index contributed by atoms with van der Waals surface area (Å²) in [6.07, 6.45) is 0. The van der Waals surface area contributed by atoms with Gasteiger partial charge in [-0.3, -0.25) is 4.55 Å². The van der Waals surface area contributed by atoms with Gasteiger partial charge >= 0.3 is 21.3 Å². The molecule has 0 bridgehead atoms. The summed E-state index contributed by atoms with van der Waals surface area (Å²) in [7, 11) is -5.68. The van der Waals surface area contributed by atoms with Crippen LogP contribution in [-0.4, -0.2) is 67.3 Å². The average Bonchev–Trinajstić information content (AvgIpc) is 2.51. The van der Waals surface area contributed by atoms with Gasteiger partial charge in [-0.2, -0.15) is 17.2 Å². The van der Waals surface area contributed by atoms with Gasteiger partial charge in [0, 0.05) is 18.8 Å². The molecule has 0 amide bonds. The Kier molecular flexibility index (Phi) is 7.02. The number of aliphatic hydroxyl groups is 2. The fourth-order valence-electron chi connectivity index (χ4n) is 1.73. The number of hydrogen-bond donors (Lipinski definition) is 3. The van der Waals surface area contributed by atoms with E-state index in [-0.39, 0.29) is 31.9 Å². The van der Waals surface area contributed by atoms with Crippen LogP contribution in [0.2, 0.25) is 0 Å². The number of ether oxygens (including phenoxy) is 1. The number of benzene rings is 1. The maximum atomic E-state index is 13.0. The average molecular weight is 369 g/mol. The molecule has 24 heavy (non-hydrogen) atoms. The second-order valence-electron chi connectivity index (χ2n) is 4.67. The second kappa shape index (κ2) is 8.33. The zero-order valence-electron chi connectivity index (χ0n) is 12.4. The molecule has 0 aliphatic carbocycles. The first-order valence-electron chi connectivity index (χ1n) is 6.71. The fourth-order valence-corrected chi connectivity index (χ4v) is 1.93. The molecule has 0 heterocycles. The molecule has 1 aromatic carbocycles. The van der Waals surface area contributed by atoms with Crippen molar-refractivity contribution >= 4 is 21.8 Å². The van der Waals surface area contributed by atoms with Gasteiger partial charge in [0.15, 0.2) is 6.61 Å². The number of anilines is 1. The molecule has 11 heteroatoms. The van der Waals surface area contributed by atoms with Crippen LogP contribution in [0.4, 0.5) is 14.5 Å². The number of alkyl halides is 2. The van der Waals surface area contributed by atoms with Crippen molar-refractivity contribution in [3.63, 3.8) is 0 Å². The highest BCUT2D eigenvalue weighted by molar-refractivity contribution is 7.86. The quantitative estimate of drug-likeness (QED) is 0.414. The zero-order chi connectivity index (χ0) is 18.4. The topological polar surface area (TPSA) is 124 Å². The third-order valence-electron chi connectivity index (χ3n) is 2.96. The monoisotopic (exact) mass is 369 g/mol. The molecule has 0 aliphatic heterocycles. The van der Waals surface area contributed by atoms with Crippen molar-refractivity contribution in [2.24, 2.45) is 0 Å². The molecular weight excluding hydrogens is 352 g/mol. The summed E-state index contributed by atoms with van der Waals surface area (Å²) in [6.45, 7) is -1.65. The van der Waals surface area contributed by atoms with E-state index in [1.165, 1.54) is 24.3 Å². The first-order valence-corrected chi connectivity index (χ1v) is 8.15. The fraction of sp³-hybridized carbons (Fsp3) is 0.462. The van der Waals surface area contributed by atoms with Gasteiger partial charge in [0.05, 0.1) is 18.8 Å². The molecule has 0 aromatic heterocycles. The molecule has 0 radical (unpaired) electrons. The van der Waals surface area contributed by atoms with E-state index in [1.807, 2.05) is 0 Å². The Balaban J connectivity index is 2.76. The van der Waals surface area contributed by atoms with Crippen LogP contribution in [0.1, 0.15) is 10.4 Å². The van der Waals surface area contributed by atoms with Crippen molar-refractivity contribution in [3.8, 4) is 0 Å². The highest BCUT2D eigenvalue weighted by Crippen LogP contribution is 2.22. The van der Waals surface area contributed by atoms with Crippen LogP contribution >= 0.6 is 0 Å². The van der Waals surface area contributed by atoms with Crippen LogP contribution in [-0.2, 0) is 14.9 Å². The van der Waals surface area contributed by atoms with Crippen LogP contribution < -0.4 is 4.90 Å². The summed E-state index contributed by atoms with van der Waals surface area (Å²) in [5.41, 5.74) is 0.454. The van der Waals surface area contributed by atoms with Gasteiger partial charge in [-0.25, -0.2) is 4.79 Å². The maximum absolute atomic E-state index is 13.0. The molecule has 8 nitrogen and oxygen atoms in total. The number of hydrogen-bond acceptors (Lipinski definition) is 7. The number of rotatable bonds is 9. The lowest BCUT2D eigenvalue weighted by atomic mass is 10.2. The lowest BCUT2D eigenvalue weighted by molar-refractivity contribution is -0.00950. The van der Waals surface area contributed by atoms with Gasteiger partial charge in [0.2, 0.25) is 0 Å².